The summed E-state index contributed by atoms with van der Waals surface area (Å²) in [6, 6.07) is 0. The van der Waals surface area contributed by atoms with E-state index in [-0.39, 0.29) is 17.3 Å². The van der Waals surface area contributed by atoms with E-state index in [4.69, 9.17) is 17.3 Å². The maximum absolute atomic E-state index is 11.5. The Morgan fingerprint density at radius 3 is 2.65 bits per heavy atom. The van der Waals surface area contributed by atoms with Gasteiger partial charge < -0.3 is 5.73 Å². The average molecular weight is 260 g/mol. The number of nitrogens with one attached hydrogen (secondary N) is 1. The molecule has 0 aliphatic carbocycles. The van der Waals surface area contributed by atoms with Crippen molar-refractivity contribution in [1.82, 2.24) is 9.55 Å². The summed E-state index contributed by atoms with van der Waals surface area (Å²) in [5, 5.41) is 0. The van der Waals surface area contributed by atoms with Crippen LogP contribution in [0, 0.1) is 0 Å². The van der Waals surface area contributed by atoms with E-state index >= 15 is 0 Å². The fourth-order valence-electron chi connectivity index (χ4n) is 1.46. The number of carbonyl (C=O) groups excluding carboxylic acids is 1. The molecule has 0 saturated heterocycles. The van der Waals surface area contributed by atoms with Gasteiger partial charge in [-0.05, 0) is 6.42 Å². The van der Waals surface area contributed by atoms with Gasteiger partial charge in [-0.25, -0.2) is 4.79 Å². The number of nitrogens with zero attached hydrogens (tertiary/aromatic N) is 1. The number of carbonyl (C=O) groups is 1. The fraction of sp³-hybridized carbons (Fsp3) is 0.500. The van der Waals surface area contributed by atoms with Crippen LogP contribution in [0.25, 0.3) is 0 Å². The van der Waals surface area contributed by atoms with Crippen LogP contribution in [-0.2, 0) is 6.54 Å². The summed E-state index contributed by atoms with van der Waals surface area (Å²) in [5.41, 5.74) is 4.03. The third kappa shape index (κ3) is 2.76. The van der Waals surface area contributed by atoms with Crippen LogP contribution in [0.2, 0.25) is 0 Å². The van der Waals surface area contributed by atoms with E-state index in [2.05, 4.69) is 4.98 Å². The van der Waals surface area contributed by atoms with Gasteiger partial charge in [-0.3, -0.25) is 19.1 Å². The largest absolute Gasteiger partial charge is 0.384 e. The van der Waals surface area contributed by atoms with Crippen LogP contribution < -0.4 is 17.0 Å². The first kappa shape index (κ1) is 13.5. The molecule has 0 radical (unpaired) electrons. The van der Waals surface area contributed by atoms with Crippen molar-refractivity contribution in [3.05, 3.63) is 26.4 Å². The third-order valence-electron chi connectivity index (χ3n) is 2.38. The normalized spacial score (nSPS) is 10.5. The number of aromatic amines is 1. The Morgan fingerprint density at radius 2 is 2.12 bits per heavy atom. The molecule has 17 heavy (non-hydrogen) atoms. The highest BCUT2D eigenvalue weighted by molar-refractivity contribution is 6.30. The maximum atomic E-state index is 11.5. The number of Topliss-reactive ketones (excluding diaryl/α,β-unsaturated/α-hetero) is 1. The number of aromatic nitrogens is 2. The van der Waals surface area contributed by atoms with Gasteiger partial charge in [-0.2, -0.15) is 0 Å². The molecule has 0 aliphatic heterocycles. The molecule has 3 N–H and O–H groups in total. The molecule has 94 valence electrons. The minimum Gasteiger partial charge on any atom is -0.384 e. The van der Waals surface area contributed by atoms with E-state index in [1.54, 1.807) is 0 Å². The van der Waals surface area contributed by atoms with Gasteiger partial charge in [-0.15, -0.1) is 11.6 Å². The Hall–Kier alpha value is -1.56. The zero-order valence-corrected chi connectivity index (χ0v) is 10.2. The minimum absolute atomic E-state index is 0.113. The van der Waals surface area contributed by atoms with Gasteiger partial charge in [-0.1, -0.05) is 13.3 Å². The highest BCUT2D eigenvalue weighted by Crippen LogP contribution is 2.07. The number of unbranched alkanes of at least 4 members (excludes halogenated alkanes) is 1. The lowest BCUT2D eigenvalue weighted by Crippen LogP contribution is -2.36. The van der Waals surface area contributed by atoms with Gasteiger partial charge in [0, 0.05) is 6.54 Å². The molecule has 1 rings (SSSR count). The molecule has 0 amide bonds. The number of hydrogen-bond acceptors (Lipinski definition) is 4. The molecular weight excluding hydrogens is 246 g/mol. The monoisotopic (exact) mass is 259 g/mol. The fourth-order valence-corrected chi connectivity index (χ4v) is 1.60. The molecule has 0 aliphatic rings. The van der Waals surface area contributed by atoms with Crippen molar-refractivity contribution < 1.29 is 4.79 Å². The summed E-state index contributed by atoms with van der Waals surface area (Å²) in [6.45, 7) is 2.32. The highest BCUT2D eigenvalue weighted by Gasteiger charge is 2.17. The Bertz CT molecular complexity index is 533. The lowest BCUT2D eigenvalue weighted by Gasteiger charge is -2.10. The van der Waals surface area contributed by atoms with Crippen LogP contribution in [0.5, 0.6) is 0 Å². The molecule has 0 saturated carbocycles. The quantitative estimate of drug-likeness (QED) is 0.588. The Kier molecular flexibility index (Phi) is 4.51. The standard InChI is InChI=1S/C10H14ClN3O3/c1-2-3-4-14-8(12)7(6(15)5-11)9(16)13-10(14)17/h2-5,12H2,1H3,(H,13,16,17). The number of hydrogen-bond donors (Lipinski definition) is 2. The second-order valence-corrected chi connectivity index (χ2v) is 3.85. The summed E-state index contributed by atoms with van der Waals surface area (Å²) in [7, 11) is 0. The molecular formula is C10H14ClN3O3. The average Bonchev–Trinajstić information content (AvgIpc) is 2.28. The molecule has 1 aromatic rings. The first-order valence-electron chi connectivity index (χ1n) is 5.24. The van der Waals surface area contributed by atoms with E-state index in [0.29, 0.717) is 6.54 Å². The first-order valence-corrected chi connectivity index (χ1v) is 5.78. The molecule has 0 spiro atoms. The second-order valence-electron chi connectivity index (χ2n) is 3.58. The van der Waals surface area contributed by atoms with Crippen molar-refractivity contribution in [2.45, 2.75) is 26.3 Å². The molecule has 0 aromatic carbocycles. The number of ketones is 1. The zero-order valence-electron chi connectivity index (χ0n) is 9.46. The van der Waals surface area contributed by atoms with Gasteiger partial charge in [0.1, 0.15) is 11.4 Å². The van der Waals surface area contributed by atoms with Crippen LogP contribution in [0.3, 0.4) is 0 Å². The summed E-state index contributed by atoms with van der Waals surface area (Å²) < 4.78 is 1.19. The van der Waals surface area contributed by atoms with Crippen molar-refractivity contribution in [3.8, 4) is 0 Å². The topological polar surface area (TPSA) is 97.9 Å². The molecule has 1 aromatic heterocycles. The lowest BCUT2D eigenvalue weighted by molar-refractivity contribution is 0.101. The van der Waals surface area contributed by atoms with Gasteiger partial charge in [0.05, 0.1) is 5.88 Å². The van der Waals surface area contributed by atoms with Gasteiger partial charge in [0.15, 0.2) is 5.78 Å². The third-order valence-corrected chi connectivity index (χ3v) is 2.62. The minimum atomic E-state index is -0.786. The lowest BCUT2D eigenvalue weighted by atomic mass is 10.2. The molecule has 0 bridgehead atoms. The van der Waals surface area contributed by atoms with Crippen LogP contribution in [-0.4, -0.2) is 21.2 Å². The summed E-state index contributed by atoms with van der Waals surface area (Å²) in [4.78, 5) is 36.5. The van der Waals surface area contributed by atoms with E-state index in [1.165, 1.54) is 4.57 Å². The molecule has 7 heteroatoms. The van der Waals surface area contributed by atoms with Crippen molar-refractivity contribution in [2.75, 3.05) is 11.6 Å². The van der Waals surface area contributed by atoms with Crippen molar-refractivity contribution >= 4 is 23.2 Å². The van der Waals surface area contributed by atoms with Gasteiger partial charge in [0.25, 0.3) is 5.56 Å². The smallest absolute Gasteiger partial charge is 0.329 e. The number of alkyl halides is 1. The van der Waals surface area contributed by atoms with Gasteiger partial charge >= 0.3 is 5.69 Å². The number of nitrogen functional groups attached to an aromatic ring is 1. The van der Waals surface area contributed by atoms with E-state index in [0.717, 1.165) is 12.8 Å². The first-order chi connectivity index (χ1) is 8.02. The summed E-state index contributed by atoms with van der Waals surface area (Å²) in [6.07, 6.45) is 1.59. The van der Waals surface area contributed by atoms with E-state index in [9.17, 15) is 14.4 Å². The molecule has 6 nitrogen and oxygen atoms in total. The van der Waals surface area contributed by atoms with Crippen molar-refractivity contribution in [2.24, 2.45) is 0 Å². The Balaban J connectivity index is 3.38. The second kappa shape index (κ2) is 5.67. The van der Waals surface area contributed by atoms with Crippen LogP contribution in [0.1, 0.15) is 30.1 Å². The number of rotatable bonds is 5. The van der Waals surface area contributed by atoms with Gasteiger partial charge in [0.2, 0.25) is 0 Å². The van der Waals surface area contributed by atoms with E-state index < -0.39 is 17.0 Å². The van der Waals surface area contributed by atoms with E-state index in [1.807, 2.05) is 6.92 Å². The molecule has 0 fully saturated rings. The van der Waals surface area contributed by atoms with Crippen LogP contribution >= 0.6 is 11.6 Å². The number of halogens is 1. The predicted molar refractivity (Wildman–Crippen MR) is 65.7 cm³/mol. The van der Waals surface area contributed by atoms with Crippen molar-refractivity contribution in [3.63, 3.8) is 0 Å². The Labute approximate surface area is 102 Å². The highest BCUT2D eigenvalue weighted by atomic mass is 35.5. The van der Waals surface area contributed by atoms with Crippen molar-refractivity contribution in [1.29, 1.82) is 0 Å². The maximum Gasteiger partial charge on any atom is 0.329 e. The predicted octanol–water partition coefficient (Wildman–Crippen LogP) is 0.340. The molecule has 1 heterocycles. The summed E-state index contributed by atoms with van der Waals surface area (Å²) in [5.74, 6) is -1.05. The zero-order chi connectivity index (χ0) is 13.0. The molecule has 0 atom stereocenters. The number of H-pyrrole nitrogens is 1. The molecule has 0 unspecified atom stereocenters. The summed E-state index contributed by atoms with van der Waals surface area (Å²) >= 11 is 5.38. The van der Waals surface area contributed by atoms with Crippen LogP contribution in [0.15, 0.2) is 9.59 Å². The number of nitrogens with two attached hydrogens (primary N) is 1. The number of anilines is 1. The van der Waals surface area contributed by atoms with Crippen LogP contribution in [0.4, 0.5) is 5.82 Å². The SMILES string of the molecule is CCCCn1c(N)c(C(=O)CCl)c(=O)[nH]c1=O. The Morgan fingerprint density at radius 1 is 1.47 bits per heavy atom.